The van der Waals surface area contributed by atoms with Gasteiger partial charge in [-0.1, -0.05) is 18.9 Å². The minimum Gasteiger partial charge on any atom is -0.375 e. The van der Waals surface area contributed by atoms with Crippen LogP contribution in [-0.2, 0) is 11.3 Å². The fraction of sp³-hybridized carbons (Fsp3) is 0.600. The predicted octanol–water partition coefficient (Wildman–Crippen LogP) is 0.828. The number of aromatic nitrogens is 1. The number of pyridine rings is 1. The molecule has 3 N–H and O–H groups in total. The smallest absolute Gasteiger partial charge is 0.283 e. The zero-order chi connectivity index (χ0) is 14.7. The third-order valence-corrected chi connectivity index (χ3v) is 4.38. The SMILES string of the molecule is NNC(=O)c1cccc(CN2CCOC3CCCCC32)n1. The van der Waals surface area contributed by atoms with E-state index in [9.17, 15) is 4.79 Å². The van der Waals surface area contributed by atoms with Crippen LogP contribution < -0.4 is 11.3 Å². The lowest BCUT2D eigenvalue weighted by atomic mass is 9.90. The van der Waals surface area contributed by atoms with Gasteiger partial charge in [0.25, 0.3) is 5.91 Å². The van der Waals surface area contributed by atoms with Crippen molar-refractivity contribution in [2.45, 2.75) is 44.4 Å². The molecule has 21 heavy (non-hydrogen) atoms. The van der Waals surface area contributed by atoms with E-state index in [0.717, 1.165) is 31.8 Å². The Morgan fingerprint density at radius 2 is 2.29 bits per heavy atom. The highest BCUT2D eigenvalue weighted by Crippen LogP contribution is 2.29. The topological polar surface area (TPSA) is 80.5 Å². The first-order valence-corrected chi connectivity index (χ1v) is 7.60. The zero-order valence-corrected chi connectivity index (χ0v) is 12.1. The molecule has 2 atom stereocenters. The number of nitrogens with zero attached hydrogens (tertiary/aromatic N) is 2. The average molecular weight is 290 g/mol. The highest BCUT2D eigenvalue weighted by molar-refractivity contribution is 5.91. The van der Waals surface area contributed by atoms with Crippen molar-refractivity contribution in [1.29, 1.82) is 0 Å². The van der Waals surface area contributed by atoms with E-state index in [4.69, 9.17) is 10.6 Å². The second-order valence-corrected chi connectivity index (χ2v) is 5.72. The van der Waals surface area contributed by atoms with Crippen molar-refractivity contribution in [3.63, 3.8) is 0 Å². The van der Waals surface area contributed by atoms with Crippen LogP contribution >= 0.6 is 0 Å². The summed E-state index contributed by atoms with van der Waals surface area (Å²) in [6.45, 7) is 2.47. The first-order valence-electron chi connectivity index (χ1n) is 7.60. The molecular formula is C15H22N4O2. The summed E-state index contributed by atoms with van der Waals surface area (Å²) in [6, 6.07) is 5.97. The van der Waals surface area contributed by atoms with Crippen LogP contribution in [-0.4, -0.2) is 41.1 Å². The van der Waals surface area contributed by atoms with E-state index >= 15 is 0 Å². The molecule has 1 saturated carbocycles. The van der Waals surface area contributed by atoms with Gasteiger partial charge in [-0.25, -0.2) is 10.8 Å². The van der Waals surface area contributed by atoms with Crippen LogP contribution in [0.25, 0.3) is 0 Å². The molecule has 1 saturated heterocycles. The summed E-state index contributed by atoms with van der Waals surface area (Å²) in [6.07, 6.45) is 5.24. The second kappa shape index (κ2) is 6.51. The van der Waals surface area contributed by atoms with Gasteiger partial charge < -0.3 is 4.74 Å². The van der Waals surface area contributed by atoms with Crippen LogP contribution in [0.2, 0.25) is 0 Å². The number of morpholine rings is 1. The fourth-order valence-electron chi connectivity index (χ4n) is 3.35. The lowest BCUT2D eigenvalue weighted by Gasteiger charge is -2.43. The monoisotopic (exact) mass is 290 g/mol. The van der Waals surface area contributed by atoms with Gasteiger partial charge in [0.2, 0.25) is 0 Å². The summed E-state index contributed by atoms with van der Waals surface area (Å²) < 4.78 is 5.89. The van der Waals surface area contributed by atoms with Crippen molar-refractivity contribution in [3.05, 3.63) is 29.6 Å². The van der Waals surface area contributed by atoms with Crippen LogP contribution in [0.1, 0.15) is 41.9 Å². The zero-order valence-electron chi connectivity index (χ0n) is 12.1. The molecule has 0 bridgehead atoms. The Hall–Kier alpha value is -1.50. The van der Waals surface area contributed by atoms with Crippen molar-refractivity contribution in [1.82, 2.24) is 15.3 Å². The number of carbonyl (C=O) groups excluding carboxylic acids is 1. The second-order valence-electron chi connectivity index (χ2n) is 5.72. The molecule has 2 fully saturated rings. The van der Waals surface area contributed by atoms with Crippen LogP contribution in [0.3, 0.4) is 0 Å². The summed E-state index contributed by atoms with van der Waals surface area (Å²) in [5, 5.41) is 0. The Kier molecular flexibility index (Phi) is 4.48. The van der Waals surface area contributed by atoms with Gasteiger partial charge in [0, 0.05) is 19.1 Å². The number of rotatable bonds is 3. The normalized spacial score (nSPS) is 26.1. The molecule has 114 valence electrons. The van der Waals surface area contributed by atoms with Crippen molar-refractivity contribution in [2.24, 2.45) is 5.84 Å². The third-order valence-electron chi connectivity index (χ3n) is 4.38. The lowest BCUT2D eigenvalue weighted by Crippen LogP contribution is -2.52. The van der Waals surface area contributed by atoms with Gasteiger partial charge in [-0.2, -0.15) is 0 Å². The molecule has 1 aliphatic heterocycles. The van der Waals surface area contributed by atoms with Crippen LogP contribution in [0.15, 0.2) is 18.2 Å². The van der Waals surface area contributed by atoms with Crippen molar-refractivity contribution >= 4 is 5.91 Å². The quantitative estimate of drug-likeness (QED) is 0.489. The molecule has 6 heteroatoms. The first kappa shape index (κ1) is 14.4. The molecule has 1 amide bonds. The summed E-state index contributed by atoms with van der Waals surface area (Å²) in [5.74, 6) is 4.81. The molecule has 2 aliphatic rings. The first-order chi connectivity index (χ1) is 10.3. The Labute approximate surface area is 124 Å². The maximum atomic E-state index is 11.6. The molecule has 6 nitrogen and oxygen atoms in total. The largest absolute Gasteiger partial charge is 0.375 e. The summed E-state index contributed by atoms with van der Waals surface area (Å²) >= 11 is 0. The predicted molar refractivity (Wildman–Crippen MR) is 78.3 cm³/mol. The van der Waals surface area contributed by atoms with Crippen molar-refractivity contribution in [3.8, 4) is 0 Å². The standard InChI is InChI=1S/C15H22N4O2/c16-18-15(20)12-5-3-4-11(17-12)10-19-8-9-21-14-7-2-1-6-13(14)19/h3-5,13-14H,1-2,6-10,16H2,(H,18,20). The molecule has 2 unspecified atom stereocenters. The number of hydrogen-bond donors (Lipinski definition) is 2. The fourth-order valence-corrected chi connectivity index (χ4v) is 3.35. The van der Waals surface area contributed by atoms with E-state index in [1.54, 1.807) is 6.07 Å². The van der Waals surface area contributed by atoms with E-state index in [1.807, 2.05) is 12.1 Å². The molecule has 2 heterocycles. The summed E-state index contributed by atoms with van der Waals surface area (Å²) in [4.78, 5) is 18.4. The number of nitrogens with one attached hydrogen (secondary N) is 1. The Balaban J connectivity index is 1.71. The van der Waals surface area contributed by atoms with E-state index in [2.05, 4.69) is 15.3 Å². The highest BCUT2D eigenvalue weighted by atomic mass is 16.5. The number of hydrazine groups is 1. The highest BCUT2D eigenvalue weighted by Gasteiger charge is 2.34. The maximum Gasteiger partial charge on any atom is 0.283 e. The van der Waals surface area contributed by atoms with Crippen LogP contribution in [0, 0.1) is 0 Å². The summed E-state index contributed by atoms with van der Waals surface area (Å²) in [7, 11) is 0. The number of carbonyl (C=O) groups is 1. The minimum atomic E-state index is -0.352. The number of ether oxygens (including phenoxy) is 1. The number of fused-ring (bicyclic) bond motifs is 1. The number of hydrogen-bond acceptors (Lipinski definition) is 5. The van der Waals surface area contributed by atoms with Gasteiger partial charge in [0.15, 0.2) is 0 Å². The Morgan fingerprint density at radius 1 is 1.43 bits per heavy atom. The average Bonchev–Trinajstić information content (AvgIpc) is 2.55. The molecule has 0 radical (unpaired) electrons. The molecular weight excluding hydrogens is 268 g/mol. The summed E-state index contributed by atoms with van der Waals surface area (Å²) in [5.41, 5.74) is 3.39. The van der Waals surface area contributed by atoms with E-state index < -0.39 is 0 Å². The number of nitrogens with two attached hydrogens (primary N) is 1. The van der Waals surface area contributed by atoms with Gasteiger partial charge in [-0.15, -0.1) is 0 Å². The number of amides is 1. The van der Waals surface area contributed by atoms with E-state index in [0.29, 0.717) is 17.8 Å². The van der Waals surface area contributed by atoms with E-state index in [-0.39, 0.29) is 5.91 Å². The molecule has 0 spiro atoms. The molecule has 3 rings (SSSR count). The lowest BCUT2D eigenvalue weighted by molar-refractivity contribution is -0.0914. The Bertz CT molecular complexity index is 506. The maximum absolute atomic E-state index is 11.6. The van der Waals surface area contributed by atoms with Crippen molar-refractivity contribution in [2.75, 3.05) is 13.2 Å². The van der Waals surface area contributed by atoms with Gasteiger partial charge in [0.1, 0.15) is 5.69 Å². The minimum absolute atomic E-state index is 0.352. The number of nitrogen functional groups attached to an aromatic ring is 1. The molecule has 0 aromatic carbocycles. The Morgan fingerprint density at radius 3 is 3.14 bits per heavy atom. The van der Waals surface area contributed by atoms with E-state index in [1.165, 1.54) is 19.3 Å². The van der Waals surface area contributed by atoms with Gasteiger partial charge in [-0.05, 0) is 25.0 Å². The van der Waals surface area contributed by atoms with Crippen LogP contribution in [0.5, 0.6) is 0 Å². The van der Waals surface area contributed by atoms with Gasteiger partial charge in [0.05, 0.1) is 18.4 Å². The molecule has 1 aromatic heterocycles. The van der Waals surface area contributed by atoms with Crippen molar-refractivity contribution < 1.29 is 9.53 Å². The van der Waals surface area contributed by atoms with Gasteiger partial charge in [-0.3, -0.25) is 15.1 Å². The van der Waals surface area contributed by atoms with Crippen LogP contribution in [0.4, 0.5) is 0 Å². The van der Waals surface area contributed by atoms with Gasteiger partial charge >= 0.3 is 0 Å². The third kappa shape index (κ3) is 3.23. The molecule has 1 aliphatic carbocycles. The molecule has 1 aromatic rings.